The lowest BCUT2D eigenvalue weighted by Gasteiger charge is -2.41. The highest BCUT2D eigenvalue weighted by atomic mass is 35.5. The summed E-state index contributed by atoms with van der Waals surface area (Å²) in [6, 6.07) is 2.87. The Morgan fingerprint density at radius 2 is 2.00 bits per heavy atom. The molecule has 50 heavy (non-hydrogen) atoms. The number of amides is 1. The highest BCUT2D eigenvalue weighted by molar-refractivity contribution is 6.36. The Morgan fingerprint density at radius 1 is 1.18 bits per heavy atom. The number of alkyl halides is 3. The summed E-state index contributed by atoms with van der Waals surface area (Å²) in [7, 11) is 2.05. The molecular weight excluding hydrogens is 673 g/mol. The van der Waals surface area contributed by atoms with Gasteiger partial charge in [-0.25, -0.2) is 4.98 Å². The molecule has 4 aliphatic heterocycles. The number of nitrogen functional groups attached to an aromatic ring is 1. The summed E-state index contributed by atoms with van der Waals surface area (Å²) in [6.45, 7) is 5.15. The van der Waals surface area contributed by atoms with Gasteiger partial charge in [-0.2, -0.15) is 23.1 Å². The number of benzene rings is 1. The number of pyridine rings is 1. The summed E-state index contributed by atoms with van der Waals surface area (Å²) in [4.78, 5) is 33.5. The van der Waals surface area contributed by atoms with Gasteiger partial charge in [-0.1, -0.05) is 18.0 Å². The van der Waals surface area contributed by atoms with Crippen LogP contribution in [0.1, 0.15) is 56.1 Å². The Labute approximate surface area is 293 Å². The van der Waals surface area contributed by atoms with Crippen molar-refractivity contribution in [2.45, 2.75) is 76.2 Å². The van der Waals surface area contributed by atoms with Crippen molar-refractivity contribution in [3.8, 4) is 23.0 Å². The fraction of sp³-hybridized carbons (Fsp3) is 0.600. The van der Waals surface area contributed by atoms with E-state index in [1.165, 1.54) is 38.3 Å². The summed E-state index contributed by atoms with van der Waals surface area (Å²) >= 11 is 6.99. The van der Waals surface area contributed by atoms with Gasteiger partial charge in [0.2, 0.25) is 5.91 Å². The molecule has 1 saturated carbocycles. The van der Waals surface area contributed by atoms with Crippen molar-refractivity contribution >= 4 is 40.0 Å². The van der Waals surface area contributed by atoms with Crippen LogP contribution in [0, 0.1) is 12.3 Å². The highest BCUT2D eigenvalue weighted by Crippen LogP contribution is 2.50. The third-order valence-corrected chi connectivity index (χ3v) is 11.9. The van der Waals surface area contributed by atoms with Crippen LogP contribution in [0.2, 0.25) is 5.02 Å². The Kier molecular flexibility index (Phi) is 8.42. The molecule has 1 unspecified atom stereocenters. The average molecular weight is 715 g/mol. The number of likely N-dealkylation sites (tertiary alicyclic amines) is 1. The lowest BCUT2D eigenvalue weighted by molar-refractivity contribution is -0.137. The number of hydrogen-bond donors (Lipinski definition) is 2. The van der Waals surface area contributed by atoms with E-state index in [0.717, 1.165) is 32.4 Å². The van der Waals surface area contributed by atoms with Gasteiger partial charge in [-0.3, -0.25) is 4.79 Å². The molecule has 1 aromatic carbocycles. The van der Waals surface area contributed by atoms with E-state index in [4.69, 9.17) is 36.8 Å². The van der Waals surface area contributed by atoms with E-state index in [2.05, 4.69) is 20.1 Å². The monoisotopic (exact) mass is 714 g/mol. The molecule has 3 N–H and O–H groups in total. The molecule has 3 aromatic rings. The van der Waals surface area contributed by atoms with E-state index < -0.39 is 17.4 Å². The van der Waals surface area contributed by atoms with E-state index in [1.54, 1.807) is 0 Å². The van der Waals surface area contributed by atoms with E-state index in [1.807, 2.05) is 11.9 Å². The second-order valence-corrected chi connectivity index (χ2v) is 15.2. The van der Waals surface area contributed by atoms with Crippen LogP contribution in [0.5, 0.6) is 11.8 Å². The van der Waals surface area contributed by atoms with Gasteiger partial charge in [0.25, 0.3) is 0 Å². The maximum Gasteiger partial charge on any atom is 0.418 e. The number of likely N-dealkylation sites (N-methyl/N-ethyl adjacent to an activating group) is 1. The summed E-state index contributed by atoms with van der Waals surface area (Å²) in [5.74, 6) is 0.708. The van der Waals surface area contributed by atoms with Gasteiger partial charge in [0.05, 0.1) is 33.2 Å². The first-order chi connectivity index (χ1) is 23.9. The molecule has 1 aliphatic carbocycles. The van der Waals surface area contributed by atoms with E-state index in [-0.39, 0.29) is 64.4 Å². The standard InChI is InChI=1S/C35H42ClF3N8O3/c1-19-11-25(40)43-30(28(19)35(37,38)39)23-13-24-27-31(29(23)36)49-17-22-15-46(26(48)12-20-14-34(18-41-20)6-4-7-34)9-10-47(22)32(27)44-33(42-24)50-16-21-5-3-8-45(21)2/h11,13,20-22,41H,3-10,12,14-18H2,1-2H3,(H2,40,43)/t20?,21-,22-/m0/s1. The van der Waals surface area contributed by atoms with Gasteiger partial charge in [0.15, 0.2) is 5.75 Å². The average Bonchev–Trinajstić information content (AvgIpc) is 3.63. The minimum absolute atomic E-state index is 0.00649. The zero-order valence-electron chi connectivity index (χ0n) is 28.3. The SMILES string of the molecule is Cc1cc(N)nc(-c2cc3nc(OC[C@@H]4CCCN4C)nc4c3c(c2Cl)OC[C@@H]2CN(C(=O)CC3CC5(CCC5)CN3)CCN42)c1C(F)(F)F. The molecule has 1 spiro atoms. The largest absolute Gasteiger partial charge is 0.489 e. The normalized spacial score (nSPS) is 24.6. The lowest BCUT2D eigenvalue weighted by atomic mass is 9.67. The smallest absolute Gasteiger partial charge is 0.418 e. The second kappa shape index (κ2) is 12.6. The number of carbonyl (C=O) groups is 1. The Bertz CT molecular complexity index is 1840. The van der Waals surface area contributed by atoms with Crippen molar-refractivity contribution < 1.29 is 27.4 Å². The molecule has 268 valence electrons. The van der Waals surface area contributed by atoms with Crippen LogP contribution in [0.3, 0.4) is 0 Å². The number of piperazine rings is 1. The van der Waals surface area contributed by atoms with Gasteiger partial charge >= 0.3 is 12.2 Å². The van der Waals surface area contributed by atoms with E-state index >= 15 is 0 Å². The van der Waals surface area contributed by atoms with Gasteiger partial charge in [0, 0.05) is 50.2 Å². The maximum absolute atomic E-state index is 14.5. The van der Waals surface area contributed by atoms with Gasteiger partial charge in [0.1, 0.15) is 24.8 Å². The number of carbonyl (C=O) groups excluding carboxylic acids is 1. The third-order valence-electron chi connectivity index (χ3n) is 11.5. The topological polar surface area (TPSA) is 122 Å². The minimum Gasteiger partial charge on any atom is -0.489 e. The summed E-state index contributed by atoms with van der Waals surface area (Å²) in [5.41, 5.74) is 5.24. The second-order valence-electron chi connectivity index (χ2n) is 14.8. The maximum atomic E-state index is 14.5. The van der Waals surface area contributed by atoms with Crippen molar-refractivity contribution in [3.05, 3.63) is 28.3 Å². The number of aryl methyl sites for hydroxylation is 1. The zero-order valence-corrected chi connectivity index (χ0v) is 29.0. The predicted octanol–water partition coefficient (Wildman–Crippen LogP) is 5.06. The fourth-order valence-corrected chi connectivity index (χ4v) is 8.94. The first-order valence-electron chi connectivity index (χ1n) is 17.5. The fourth-order valence-electron chi connectivity index (χ4n) is 8.64. The highest BCUT2D eigenvalue weighted by Gasteiger charge is 2.45. The van der Waals surface area contributed by atoms with E-state index in [0.29, 0.717) is 54.8 Å². The van der Waals surface area contributed by atoms with Gasteiger partial charge in [-0.05, 0) is 75.7 Å². The van der Waals surface area contributed by atoms with Crippen molar-refractivity contribution in [2.75, 3.05) is 63.6 Å². The van der Waals surface area contributed by atoms with Crippen LogP contribution >= 0.6 is 11.6 Å². The minimum atomic E-state index is -4.73. The number of rotatable bonds is 6. The Hall–Kier alpha value is -3.62. The molecule has 3 atom stereocenters. The first-order valence-corrected chi connectivity index (χ1v) is 17.9. The number of hydrogen-bond acceptors (Lipinski definition) is 10. The quantitative estimate of drug-likeness (QED) is 0.359. The number of aromatic nitrogens is 3. The Morgan fingerprint density at radius 3 is 2.70 bits per heavy atom. The van der Waals surface area contributed by atoms with Crippen LogP contribution < -0.4 is 25.4 Å². The van der Waals surface area contributed by atoms with Crippen LogP contribution in [0.15, 0.2) is 12.1 Å². The van der Waals surface area contributed by atoms with Crippen LogP contribution in [0.4, 0.5) is 24.8 Å². The van der Waals surface area contributed by atoms with Crippen molar-refractivity contribution in [1.82, 2.24) is 30.1 Å². The first kappa shape index (κ1) is 33.5. The number of nitrogens with zero attached hydrogens (tertiary/aromatic N) is 6. The van der Waals surface area contributed by atoms with Crippen LogP contribution in [0.25, 0.3) is 22.2 Å². The molecule has 0 radical (unpaired) electrons. The number of fused-ring (bicyclic) bond motifs is 2. The van der Waals surface area contributed by atoms with Crippen molar-refractivity contribution in [2.24, 2.45) is 5.41 Å². The molecule has 8 rings (SSSR count). The van der Waals surface area contributed by atoms with Gasteiger partial charge < -0.3 is 35.2 Å². The molecule has 2 aromatic heterocycles. The number of nitrogens with two attached hydrogens (primary N) is 1. The Balaban J connectivity index is 1.16. The van der Waals surface area contributed by atoms with Crippen molar-refractivity contribution in [1.29, 1.82) is 0 Å². The molecular formula is C35H42ClF3N8O3. The van der Waals surface area contributed by atoms with Crippen LogP contribution in [-0.2, 0) is 11.0 Å². The van der Waals surface area contributed by atoms with Crippen molar-refractivity contribution in [3.63, 3.8) is 0 Å². The number of halogens is 4. The number of anilines is 2. The molecule has 4 fully saturated rings. The lowest BCUT2D eigenvalue weighted by Crippen LogP contribution is -2.57. The number of nitrogens with one attached hydrogen (secondary N) is 1. The zero-order chi connectivity index (χ0) is 34.9. The van der Waals surface area contributed by atoms with Crippen LogP contribution in [-0.4, -0.2) is 102 Å². The molecule has 6 heterocycles. The molecule has 0 bridgehead atoms. The molecule has 5 aliphatic rings. The molecule has 11 nitrogen and oxygen atoms in total. The van der Waals surface area contributed by atoms with Gasteiger partial charge in [-0.15, -0.1) is 0 Å². The predicted molar refractivity (Wildman–Crippen MR) is 184 cm³/mol. The summed E-state index contributed by atoms with van der Waals surface area (Å²) in [6.07, 6.45) is 2.53. The summed E-state index contributed by atoms with van der Waals surface area (Å²) < 4.78 is 56.0. The summed E-state index contributed by atoms with van der Waals surface area (Å²) in [5, 5.41) is 4.01. The molecule has 3 saturated heterocycles. The van der Waals surface area contributed by atoms with E-state index in [9.17, 15) is 18.0 Å². The third kappa shape index (κ3) is 5.96. The molecule has 15 heteroatoms. The number of ether oxygens (including phenoxy) is 2. The molecule has 1 amide bonds.